The summed E-state index contributed by atoms with van der Waals surface area (Å²) in [6.45, 7) is 7.74. The number of rotatable bonds is 5. The highest BCUT2D eigenvalue weighted by atomic mass is 32.1. The maximum atomic E-state index is 12.0. The smallest absolute Gasteiger partial charge is 0.316 e. The Bertz CT molecular complexity index is 460. The van der Waals surface area contributed by atoms with Crippen LogP contribution < -0.4 is 5.32 Å². The number of carbonyl (C=O) groups excluding carboxylic acids is 1. The first-order chi connectivity index (χ1) is 8.75. The molecule has 1 amide bonds. The molecule has 0 fully saturated rings. The van der Waals surface area contributed by atoms with Gasteiger partial charge in [-0.25, -0.2) is 0 Å². The summed E-state index contributed by atoms with van der Waals surface area (Å²) < 4.78 is 0. The van der Waals surface area contributed by atoms with Crippen LogP contribution in [0, 0.1) is 11.3 Å². The Balaban J connectivity index is 2.65. The molecule has 1 aromatic heterocycles. The second kappa shape index (κ2) is 6.19. The van der Waals surface area contributed by atoms with E-state index >= 15 is 0 Å². The Kier molecular flexibility index (Phi) is 5.11. The van der Waals surface area contributed by atoms with Crippen molar-refractivity contribution in [3.63, 3.8) is 0 Å². The Labute approximate surface area is 117 Å². The number of carbonyl (C=O) groups is 2. The Morgan fingerprint density at radius 2 is 1.89 bits per heavy atom. The number of thiophene rings is 1. The molecule has 0 spiro atoms. The van der Waals surface area contributed by atoms with E-state index in [1.54, 1.807) is 32.1 Å². The van der Waals surface area contributed by atoms with Crippen LogP contribution in [0.4, 0.5) is 0 Å². The van der Waals surface area contributed by atoms with Crippen molar-refractivity contribution in [2.24, 2.45) is 11.3 Å². The standard InChI is InChI=1S/C14H21NO3S/c1-5-9-6-7-10(19-9)8-15-12(16)11(13(17)18)14(2,3)4/h6-7,11H,5,8H2,1-4H3,(H,15,16)(H,17,18). The topological polar surface area (TPSA) is 66.4 Å². The second-order valence-corrected chi connectivity index (χ2v) is 6.83. The maximum Gasteiger partial charge on any atom is 0.316 e. The van der Waals surface area contributed by atoms with E-state index in [0.29, 0.717) is 6.54 Å². The van der Waals surface area contributed by atoms with Gasteiger partial charge in [-0.15, -0.1) is 11.3 Å². The van der Waals surface area contributed by atoms with E-state index in [-0.39, 0.29) is 0 Å². The summed E-state index contributed by atoms with van der Waals surface area (Å²) in [5.41, 5.74) is -0.597. The van der Waals surface area contributed by atoms with Crippen molar-refractivity contribution in [3.05, 3.63) is 21.9 Å². The van der Waals surface area contributed by atoms with Gasteiger partial charge in [0.2, 0.25) is 5.91 Å². The first kappa shape index (κ1) is 15.7. The van der Waals surface area contributed by atoms with Crippen LogP contribution in [-0.2, 0) is 22.6 Å². The van der Waals surface area contributed by atoms with Gasteiger partial charge in [-0.05, 0) is 24.0 Å². The first-order valence-electron chi connectivity index (χ1n) is 6.33. The van der Waals surface area contributed by atoms with Gasteiger partial charge in [0, 0.05) is 9.75 Å². The van der Waals surface area contributed by atoms with Crippen molar-refractivity contribution >= 4 is 23.2 Å². The number of carboxylic acid groups (broad SMARTS) is 1. The molecule has 4 nitrogen and oxygen atoms in total. The Morgan fingerprint density at radius 1 is 1.32 bits per heavy atom. The molecule has 0 aliphatic heterocycles. The predicted molar refractivity (Wildman–Crippen MR) is 76.1 cm³/mol. The summed E-state index contributed by atoms with van der Waals surface area (Å²) in [5.74, 6) is -2.53. The Hall–Kier alpha value is -1.36. The molecule has 0 aromatic carbocycles. The van der Waals surface area contributed by atoms with Crippen molar-refractivity contribution in [2.75, 3.05) is 0 Å². The van der Waals surface area contributed by atoms with E-state index in [1.807, 2.05) is 12.1 Å². The number of aryl methyl sites for hydroxylation is 1. The maximum absolute atomic E-state index is 12.0. The summed E-state index contributed by atoms with van der Waals surface area (Å²) in [6.07, 6.45) is 0.971. The van der Waals surface area contributed by atoms with Crippen LogP contribution in [0.1, 0.15) is 37.4 Å². The molecule has 2 N–H and O–H groups in total. The first-order valence-corrected chi connectivity index (χ1v) is 7.15. The zero-order valence-corrected chi connectivity index (χ0v) is 12.6. The summed E-state index contributed by atoms with van der Waals surface area (Å²) in [4.78, 5) is 25.5. The molecule has 1 rings (SSSR count). The van der Waals surface area contributed by atoms with E-state index in [1.165, 1.54) is 4.88 Å². The fourth-order valence-electron chi connectivity index (χ4n) is 1.86. The number of hydrogen-bond acceptors (Lipinski definition) is 3. The van der Waals surface area contributed by atoms with Crippen molar-refractivity contribution in [1.29, 1.82) is 0 Å². The SMILES string of the molecule is CCc1ccc(CNC(=O)C(C(=O)O)C(C)(C)C)s1. The van der Waals surface area contributed by atoms with Crippen molar-refractivity contribution in [3.8, 4) is 0 Å². The molecular weight excluding hydrogens is 262 g/mol. The lowest BCUT2D eigenvalue weighted by Gasteiger charge is -2.25. The molecule has 0 aliphatic carbocycles. The van der Waals surface area contributed by atoms with Crippen LogP contribution in [0.2, 0.25) is 0 Å². The molecule has 0 saturated heterocycles. The predicted octanol–water partition coefficient (Wildman–Crippen LogP) is 2.67. The van der Waals surface area contributed by atoms with Gasteiger partial charge in [0.05, 0.1) is 6.54 Å². The normalized spacial score (nSPS) is 13.1. The summed E-state index contributed by atoms with van der Waals surface area (Å²) in [5, 5.41) is 11.9. The van der Waals surface area contributed by atoms with E-state index in [2.05, 4.69) is 12.2 Å². The number of nitrogens with one attached hydrogen (secondary N) is 1. The van der Waals surface area contributed by atoms with Crippen LogP contribution in [0.15, 0.2) is 12.1 Å². The van der Waals surface area contributed by atoms with E-state index < -0.39 is 23.2 Å². The van der Waals surface area contributed by atoms with Gasteiger partial charge in [0.1, 0.15) is 5.92 Å². The van der Waals surface area contributed by atoms with Gasteiger partial charge in [0.25, 0.3) is 0 Å². The third-order valence-corrected chi connectivity index (χ3v) is 4.11. The van der Waals surface area contributed by atoms with Crippen LogP contribution >= 0.6 is 11.3 Å². The van der Waals surface area contributed by atoms with E-state index in [0.717, 1.165) is 11.3 Å². The molecule has 0 saturated carbocycles. The highest BCUT2D eigenvalue weighted by Gasteiger charge is 2.37. The molecule has 0 bridgehead atoms. The van der Waals surface area contributed by atoms with Gasteiger partial charge in [-0.2, -0.15) is 0 Å². The molecule has 1 unspecified atom stereocenters. The minimum absolute atomic E-state index is 0.392. The van der Waals surface area contributed by atoms with Gasteiger partial charge in [-0.1, -0.05) is 27.7 Å². The monoisotopic (exact) mass is 283 g/mol. The Morgan fingerprint density at radius 3 is 2.32 bits per heavy atom. The zero-order chi connectivity index (χ0) is 14.6. The molecule has 19 heavy (non-hydrogen) atoms. The lowest BCUT2D eigenvalue weighted by atomic mass is 9.80. The number of hydrogen-bond donors (Lipinski definition) is 2. The summed E-state index contributed by atoms with van der Waals surface area (Å²) in [6, 6.07) is 4.00. The molecule has 1 aromatic rings. The average Bonchev–Trinajstić information content (AvgIpc) is 2.71. The second-order valence-electron chi connectivity index (χ2n) is 5.58. The van der Waals surface area contributed by atoms with Crippen LogP contribution in [0.5, 0.6) is 0 Å². The fourth-order valence-corrected chi connectivity index (χ4v) is 2.76. The number of carboxylic acids is 1. The van der Waals surface area contributed by atoms with Crippen LogP contribution in [0.3, 0.4) is 0 Å². The third-order valence-electron chi connectivity index (χ3n) is 2.88. The summed E-state index contributed by atoms with van der Waals surface area (Å²) in [7, 11) is 0. The number of aliphatic carboxylic acids is 1. The minimum atomic E-state index is -1.08. The third kappa shape index (κ3) is 4.35. The molecule has 0 aliphatic rings. The average molecular weight is 283 g/mol. The molecule has 1 atom stereocenters. The van der Waals surface area contributed by atoms with Gasteiger partial charge in [0.15, 0.2) is 0 Å². The molecular formula is C14H21NO3S. The van der Waals surface area contributed by atoms with Crippen molar-refractivity contribution in [1.82, 2.24) is 5.32 Å². The van der Waals surface area contributed by atoms with Crippen molar-refractivity contribution in [2.45, 2.75) is 40.7 Å². The van der Waals surface area contributed by atoms with Crippen LogP contribution in [0.25, 0.3) is 0 Å². The van der Waals surface area contributed by atoms with Gasteiger partial charge in [-0.3, -0.25) is 9.59 Å². The van der Waals surface area contributed by atoms with E-state index in [4.69, 9.17) is 5.11 Å². The van der Waals surface area contributed by atoms with Gasteiger partial charge < -0.3 is 10.4 Å². The highest BCUT2D eigenvalue weighted by Crippen LogP contribution is 2.26. The summed E-state index contributed by atoms with van der Waals surface area (Å²) >= 11 is 1.64. The minimum Gasteiger partial charge on any atom is -0.481 e. The lowest BCUT2D eigenvalue weighted by molar-refractivity contribution is -0.151. The van der Waals surface area contributed by atoms with E-state index in [9.17, 15) is 9.59 Å². The van der Waals surface area contributed by atoms with Gasteiger partial charge >= 0.3 is 5.97 Å². The van der Waals surface area contributed by atoms with Crippen LogP contribution in [-0.4, -0.2) is 17.0 Å². The zero-order valence-electron chi connectivity index (χ0n) is 11.8. The quantitative estimate of drug-likeness (QED) is 0.816. The number of amides is 1. The fraction of sp³-hybridized carbons (Fsp3) is 0.571. The molecule has 0 radical (unpaired) electrons. The molecule has 1 heterocycles. The molecule has 106 valence electrons. The highest BCUT2D eigenvalue weighted by molar-refractivity contribution is 7.11. The lowest BCUT2D eigenvalue weighted by Crippen LogP contribution is -2.42. The largest absolute Gasteiger partial charge is 0.481 e. The molecule has 5 heteroatoms. The van der Waals surface area contributed by atoms with Crippen molar-refractivity contribution < 1.29 is 14.7 Å².